The van der Waals surface area contributed by atoms with Crippen molar-refractivity contribution in [2.24, 2.45) is 33.2 Å². The van der Waals surface area contributed by atoms with E-state index >= 15 is 0 Å². The van der Waals surface area contributed by atoms with Crippen LogP contribution in [-0.2, 0) is 9.59 Å². The van der Waals surface area contributed by atoms with Gasteiger partial charge in [-0.15, -0.1) is 0 Å². The molecule has 10 N–H and O–H groups in total. The van der Waals surface area contributed by atoms with Gasteiger partial charge in [0, 0.05) is 50.5 Å². The van der Waals surface area contributed by atoms with E-state index in [2.05, 4.69) is 39.6 Å². The van der Waals surface area contributed by atoms with Crippen LogP contribution in [0.5, 0.6) is 0 Å². The summed E-state index contributed by atoms with van der Waals surface area (Å²) in [6.45, 7) is 9.44. The summed E-state index contributed by atoms with van der Waals surface area (Å²) in [5, 5.41) is 15.3. The van der Waals surface area contributed by atoms with Gasteiger partial charge in [0.05, 0.1) is 23.5 Å². The first kappa shape index (κ1) is 60.2. The third-order valence-electron chi connectivity index (χ3n) is 12.9. The number of carbonyl (C=O) groups excluding carboxylic acids is 3. The highest BCUT2D eigenvalue weighted by Gasteiger charge is 2.21. The molecule has 3 amide bonds. The Kier molecular flexibility index (Phi) is 36.2. The van der Waals surface area contributed by atoms with E-state index < -0.39 is 12.1 Å². The van der Waals surface area contributed by atoms with E-state index in [0.29, 0.717) is 69.8 Å². The van der Waals surface area contributed by atoms with E-state index in [1.165, 1.54) is 116 Å². The standard InChI is InChI=1S/C55H98N10O3/c1-3-5-7-9-11-13-15-17-19-25-43-64(44-26-20-18-16-14-12-10-8-6-4-2)54(67)47-31-33-49(34-32-47)62-63-50-37-35-48(36-38-50)60-41-27-45-65(55(68)52(59)30-22-24-40-57)46-28-42-61-53(66)51(58)29-21-23-39-56/h31-38,51-52,60H,3-30,39-46,56-59H2,1-2H3,(H,61,66)/t51-,52-/m0/s1. The lowest BCUT2D eigenvalue weighted by Crippen LogP contribution is -2.46. The van der Waals surface area contributed by atoms with Crippen molar-refractivity contribution in [1.29, 1.82) is 0 Å². The maximum Gasteiger partial charge on any atom is 0.253 e. The first-order chi connectivity index (χ1) is 33.2. The highest BCUT2D eigenvalue weighted by Crippen LogP contribution is 2.22. The molecule has 0 saturated carbocycles. The summed E-state index contributed by atoms with van der Waals surface area (Å²) in [5.74, 6) is -0.145. The van der Waals surface area contributed by atoms with Gasteiger partial charge < -0.3 is 43.4 Å². The Bertz CT molecular complexity index is 1550. The van der Waals surface area contributed by atoms with E-state index in [4.69, 9.17) is 22.9 Å². The van der Waals surface area contributed by atoms with Gasteiger partial charge in [-0.1, -0.05) is 142 Å². The zero-order valence-corrected chi connectivity index (χ0v) is 43.1. The van der Waals surface area contributed by atoms with Crippen molar-refractivity contribution in [2.45, 2.75) is 206 Å². The van der Waals surface area contributed by atoms with Crippen LogP contribution in [0.1, 0.15) is 204 Å². The Morgan fingerprint density at radius 2 is 0.897 bits per heavy atom. The fourth-order valence-corrected chi connectivity index (χ4v) is 8.46. The molecular formula is C55H98N10O3. The van der Waals surface area contributed by atoms with Gasteiger partial charge in [0.15, 0.2) is 0 Å². The molecule has 0 saturated heterocycles. The minimum absolute atomic E-state index is 0.0797. The number of carbonyl (C=O) groups is 3. The molecule has 386 valence electrons. The van der Waals surface area contributed by atoms with Gasteiger partial charge in [-0.3, -0.25) is 14.4 Å². The van der Waals surface area contributed by atoms with Crippen LogP contribution in [0.15, 0.2) is 58.8 Å². The fraction of sp³-hybridized carbons (Fsp3) is 0.727. The summed E-state index contributed by atoms with van der Waals surface area (Å²) in [7, 11) is 0. The second-order valence-electron chi connectivity index (χ2n) is 19.0. The van der Waals surface area contributed by atoms with Crippen LogP contribution >= 0.6 is 0 Å². The predicted molar refractivity (Wildman–Crippen MR) is 286 cm³/mol. The molecule has 0 heterocycles. The van der Waals surface area contributed by atoms with Crippen molar-refractivity contribution in [2.75, 3.05) is 57.7 Å². The van der Waals surface area contributed by atoms with Crippen LogP contribution in [0, 0.1) is 0 Å². The monoisotopic (exact) mass is 947 g/mol. The first-order valence-corrected chi connectivity index (χ1v) is 27.4. The summed E-state index contributed by atoms with van der Waals surface area (Å²) in [6, 6.07) is 14.2. The molecule has 0 fully saturated rings. The molecule has 2 aromatic rings. The third-order valence-corrected chi connectivity index (χ3v) is 12.9. The zero-order valence-electron chi connectivity index (χ0n) is 43.1. The number of azo groups is 1. The molecule has 0 aliphatic rings. The van der Waals surface area contributed by atoms with Gasteiger partial charge in [-0.2, -0.15) is 10.2 Å². The lowest BCUT2D eigenvalue weighted by molar-refractivity contribution is -0.132. The summed E-state index contributed by atoms with van der Waals surface area (Å²) in [5.41, 5.74) is 26.6. The molecule has 0 aliphatic carbocycles. The molecule has 13 heteroatoms. The second-order valence-corrected chi connectivity index (χ2v) is 19.0. The number of hydrogen-bond donors (Lipinski definition) is 6. The number of amides is 3. The van der Waals surface area contributed by atoms with E-state index in [-0.39, 0.29) is 17.7 Å². The summed E-state index contributed by atoms with van der Waals surface area (Å²) in [6.07, 6.45) is 31.5. The summed E-state index contributed by atoms with van der Waals surface area (Å²) >= 11 is 0. The van der Waals surface area contributed by atoms with Crippen LogP contribution in [0.25, 0.3) is 0 Å². The van der Waals surface area contributed by atoms with Gasteiger partial charge in [-0.05, 0) is 113 Å². The minimum Gasteiger partial charge on any atom is -0.385 e. The van der Waals surface area contributed by atoms with E-state index in [1.54, 1.807) is 0 Å². The second kappa shape index (κ2) is 40.9. The number of nitrogens with two attached hydrogens (primary N) is 4. The number of nitrogens with zero attached hydrogens (tertiary/aromatic N) is 4. The normalized spacial score (nSPS) is 12.3. The average Bonchev–Trinajstić information content (AvgIpc) is 3.35. The predicted octanol–water partition coefficient (Wildman–Crippen LogP) is 11.4. The molecule has 13 nitrogen and oxygen atoms in total. The van der Waals surface area contributed by atoms with Gasteiger partial charge in [0.1, 0.15) is 0 Å². The maximum atomic E-state index is 13.8. The largest absolute Gasteiger partial charge is 0.385 e. The maximum absolute atomic E-state index is 13.8. The fourth-order valence-electron chi connectivity index (χ4n) is 8.46. The molecule has 0 bridgehead atoms. The molecule has 2 aromatic carbocycles. The summed E-state index contributed by atoms with van der Waals surface area (Å²) in [4.78, 5) is 43.5. The van der Waals surface area contributed by atoms with Gasteiger partial charge in [-0.25, -0.2) is 0 Å². The van der Waals surface area contributed by atoms with Crippen LogP contribution in [-0.4, -0.2) is 92.0 Å². The van der Waals surface area contributed by atoms with Crippen molar-refractivity contribution in [1.82, 2.24) is 15.1 Å². The van der Waals surface area contributed by atoms with Crippen molar-refractivity contribution >= 4 is 34.8 Å². The van der Waals surface area contributed by atoms with Crippen LogP contribution in [0.3, 0.4) is 0 Å². The molecule has 2 atom stereocenters. The lowest BCUT2D eigenvalue weighted by Gasteiger charge is -2.26. The highest BCUT2D eigenvalue weighted by molar-refractivity contribution is 5.94. The molecule has 0 aromatic heterocycles. The molecule has 0 spiro atoms. The smallest absolute Gasteiger partial charge is 0.253 e. The molecule has 68 heavy (non-hydrogen) atoms. The van der Waals surface area contributed by atoms with Gasteiger partial charge >= 0.3 is 0 Å². The number of rotatable bonds is 44. The van der Waals surface area contributed by atoms with Crippen molar-refractivity contribution in [3.05, 3.63) is 54.1 Å². The third kappa shape index (κ3) is 29.2. The SMILES string of the molecule is CCCCCCCCCCCCN(CCCCCCCCCCCC)C(=O)c1ccc(N=Nc2ccc(NCCCN(CCCNC(=O)[C@@H](N)CCCCN)C(=O)[C@@H](N)CCCCN)cc2)cc1. The number of benzene rings is 2. The topological polar surface area (TPSA) is 211 Å². The molecule has 0 radical (unpaired) electrons. The Labute approximate surface area is 413 Å². The van der Waals surface area contributed by atoms with Crippen LogP contribution in [0.4, 0.5) is 17.1 Å². The molecule has 0 unspecified atom stereocenters. The van der Waals surface area contributed by atoms with Crippen LogP contribution in [0.2, 0.25) is 0 Å². The lowest BCUT2D eigenvalue weighted by atomic mass is 10.1. The number of nitrogens with one attached hydrogen (secondary N) is 2. The molecule has 2 rings (SSSR count). The Morgan fingerprint density at radius 3 is 1.37 bits per heavy atom. The molecule has 0 aliphatic heterocycles. The highest BCUT2D eigenvalue weighted by atomic mass is 16.2. The van der Waals surface area contributed by atoms with Crippen molar-refractivity contribution < 1.29 is 14.4 Å². The van der Waals surface area contributed by atoms with Gasteiger partial charge in [0.25, 0.3) is 5.91 Å². The Hall–Kier alpha value is -3.91. The van der Waals surface area contributed by atoms with Crippen LogP contribution < -0.4 is 33.6 Å². The zero-order chi connectivity index (χ0) is 49.3. The number of hydrogen-bond acceptors (Lipinski definition) is 10. The Balaban J connectivity index is 1.88. The number of unbranched alkanes of at least 4 members (excludes halogenated alkanes) is 20. The van der Waals surface area contributed by atoms with E-state index in [0.717, 1.165) is 69.4 Å². The molecular weight excluding hydrogens is 849 g/mol. The van der Waals surface area contributed by atoms with Crippen molar-refractivity contribution in [3.63, 3.8) is 0 Å². The quantitative estimate of drug-likeness (QED) is 0.0277. The first-order valence-electron chi connectivity index (χ1n) is 27.4. The van der Waals surface area contributed by atoms with E-state index in [1.807, 2.05) is 53.4 Å². The van der Waals surface area contributed by atoms with E-state index in [9.17, 15) is 14.4 Å². The minimum atomic E-state index is -0.583. The average molecular weight is 947 g/mol. The van der Waals surface area contributed by atoms with Crippen molar-refractivity contribution in [3.8, 4) is 0 Å². The Morgan fingerprint density at radius 1 is 0.485 bits per heavy atom. The number of anilines is 1. The van der Waals surface area contributed by atoms with Gasteiger partial charge in [0.2, 0.25) is 11.8 Å². The summed E-state index contributed by atoms with van der Waals surface area (Å²) < 4.78 is 0.